The lowest BCUT2D eigenvalue weighted by atomic mass is 10.2. The zero-order chi connectivity index (χ0) is 16.5. The molecule has 0 aliphatic heterocycles. The van der Waals surface area contributed by atoms with Gasteiger partial charge in [0.2, 0.25) is 8.32 Å². The fourth-order valence-corrected chi connectivity index (χ4v) is 2.16. The summed E-state index contributed by atoms with van der Waals surface area (Å²) in [7, 11) is -1.69. The van der Waals surface area contributed by atoms with Crippen molar-refractivity contribution in [2.24, 2.45) is 0 Å². The van der Waals surface area contributed by atoms with Crippen molar-refractivity contribution in [3.8, 4) is 5.75 Å². The molecule has 0 aromatic heterocycles. The van der Waals surface area contributed by atoms with Gasteiger partial charge in [-0.1, -0.05) is 39.0 Å². The molecule has 120 valence electrons. The smallest absolute Gasteiger partial charge is 0.249 e. The Hall–Kier alpha value is -1.70. The van der Waals surface area contributed by atoms with E-state index in [1.54, 1.807) is 6.26 Å². The van der Waals surface area contributed by atoms with Crippen LogP contribution in [0.5, 0.6) is 5.75 Å². The second kappa shape index (κ2) is 8.67. The molecule has 0 heterocycles. The van der Waals surface area contributed by atoms with Crippen molar-refractivity contribution < 1.29 is 9.16 Å². The van der Waals surface area contributed by atoms with Gasteiger partial charge >= 0.3 is 0 Å². The number of ether oxygens (including phenoxy) is 1. The molecule has 0 saturated heterocycles. The van der Waals surface area contributed by atoms with E-state index in [1.165, 1.54) is 0 Å². The maximum atomic E-state index is 5.93. The predicted octanol–water partition coefficient (Wildman–Crippen LogP) is 5.70. The summed E-state index contributed by atoms with van der Waals surface area (Å²) < 4.78 is 11.5. The first-order chi connectivity index (χ1) is 10.3. The zero-order valence-electron chi connectivity index (χ0n) is 14.4. The summed E-state index contributed by atoms with van der Waals surface area (Å²) >= 11 is 0. The lowest BCUT2D eigenvalue weighted by Crippen LogP contribution is -2.39. The number of hydrogen-bond acceptors (Lipinski definition) is 2. The Labute approximate surface area is 136 Å². The highest BCUT2D eigenvalue weighted by Gasteiger charge is 2.37. The minimum atomic E-state index is -1.69. The topological polar surface area (TPSA) is 18.5 Å². The minimum Gasteiger partial charge on any atom is -0.549 e. The summed E-state index contributed by atoms with van der Waals surface area (Å²) in [5.74, 6) is 0.905. The van der Waals surface area contributed by atoms with Gasteiger partial charge in [0.1, 0.15) is 5.75 Å². The van der Waals surface area contributed by atoms with Crippen LogP contribution in [0.3, 0.4) is 0 Å². The molecule has 22 heavy (non-hydrogen) atoms. The SMILES string of the molecule is CC(C)(C)[Si](C)(C)O/C=C\C=C=CCCOc1ccccc1. The molecule has 0 radical (unpaired) electrons. The van der Waals surface area contributed by atoms with Gasteiger partial charge in [0, 0.05) is 6.42 Å². The number of allylic oxidation sites excluding steroid dienone is 1. The molecule has 0 saturated carbocycles. The Morgan fingerprint density at radius 3 is 2.45 bits per heavy atom. The normalized spacial score (nSPS) is 11.9. The van der Waals surface area contributed by atoms with E-state index in [0.717, 1.165) is 12.2 Å². The Bertz CT molecular complexity index is 518. The monoisotopic (exact) mass is 316 g/mol. The fraction of sp³-hybridized carbons (Fsp3) is 0.421. The molecule has 0 aliphatic carbocycles. The molecule has 0 fully saturated rings. The maximum Gasteiger partial charge on any atom is 0.249 e. The summed E-state index contributed by atoms with van der Waals surface area (Å²) in [4.78, 5) is 0. The first kappa shape index (κ1) is 18.3. The average Bonchev–Trinajstić information content (AvgIpc) is 2.45. The van der Waals surface area contributed by atoms with Gasteiger partial charge in [0.25, 0.3) is 0 Å². The van der Waals surface area contributed by atoms with Crippen LogP contribution in [0.2, 0.25) is 18.1 Å². The van der Waals surface area contributed by atoms with E-state index in [0.29, 0.717) is 6.61 Å². The summed E-state index contributed by atoms with van der Waals surface area (Å²) in [6.45, 7) is 11.8. The molecule has 1 aromatic carbocycles. The molecule has 3 heteroatoms. The van der Waals surface area contributed by atoms with Gasteiger partial charge in [-0.05, 0) is 48.5 Å². The first-order valence-electron chi connectivity index (χ1n) is 7.75. The lowest BCUT2D eigenvalue weighted by Gasteiger charge is -2.34. The van der Waals surface area contributed by atoms with E-state index < -0.39 is 8.32 Å². The van der Waals surface area contributed by atoms with Gasteiger partial charge in [-0.3, -0.25) is 0 Å². The van der Waals surface area contributed by atoms with Crippen molar-refractivity contribution in [3.05, 3.63) is 60.6 Å². The van der Waals surface area contributed by atoms with Crippen molar-refractivity contribution in [3.63, 3.8) is 0 Å². The van der Waals surface area contributed by atoms with E-state index in [4.69, 9.17) is 9.16 Å². The summed E-state index contributed by atoms with van der Waals surface area (Å²) in [5, 5.41) is 0.228. The van der Waals surface area contributed by atoms with Crippen LogP contribution in [0.15, 0.2) is 60.6 Å². The molecule has 0 amide bonds. The molecule has 0 atom stereocenters. The highest BCUT2D eigenvalue weighted by atomic mass is 28.4. The van der Waals surface area contributed by atoms with Crippen molar-refractivity contribution in [1.82, 2.24) is 0 Å². The minimum absolute atomic E-state index is 0.228. The Morgan fingerprint density at radius 2 is 1.82 bits per heavy atom. The standard InChI is InChI=1S/C19H28O2Si/c1-19(2,3)22(4,5)21-17-13-8-6-7-12-16-20-18-14-10-9-11-15-18/h7-11,13-15,17H,12,16H2,1-5H3/b17-13-. The first-order valence-corrected chi connectivity index (χ1v) is 10.7. The molecule has 1 rings (SSSR count). The molecule has 2 nitrogen and oxygen atoms in total. The van der Waals surface area contributed by atoms with Gasteiger partial charge in [-0.15, -0.1) is 5.73 Å². The summed E-state index contributed by atoms with van der Waals surface area (Å²) in [5.41, 5.74) is 3.12. The largest absolute Gasteiger partial charge is 0.549 e. The molecule has 1 aromatic rings. The fourth-order valence-electron chi connectivity index (χ4n) is 1.38. The van der Waals surface area contributed by atoms with Crippen LogP contribution >= 0.6 is 0 Å². The molecule has 0 bridgehead atoms. The average molecular weight is 317 g/mol. The second-order valence-corrected chi connectivity index (χ2v) is 11.5. The van der Waals surface area contributed by atoms with Crippen LogP contribution in [0.4, 0.5) is 0 Å². The van der Waals surface area contributed by atoms with Crippen LogP contribution in [-0.2, 0) is 4.43 Å². The van der Waals surface area contributed by atoms with Crippen LogP contribution < -0.4 is 4.74 Å². The summed E-state index contributed by atoms with van der Waals surface area (Å²) in [6.07, 6.45) is 8.37. The Morgan fingerprint density at radius 1 is 1.14 bits per heavy atom. The zero-order valence-corrected chi connectivity index (χ0v) is 15.4. The van der Waals surface area contributed by atoms with Crippen LogP contribution in [0, 0.1) is 0 Å². The lowest BCUT2D eigenvalue weighted by molar-refractivity contribution is 0.325. The van der Waals surface area contributed by atoms with E-state index in [2.05, 4.69) is 39.6 Å². The number of rotatable bonds is 7. The number of para-hydroxylation sites is 1. The summed E-state index contributed by atoms with van der Waals surface area (Å²) in [6, 6.07) is 9.84. The molecular formula is C19H28O2Si. The van der Waals surface area contributed by atoms with Crippen molar-refractivity contribution in [2.45, 2.75) is 45.3 Å². The third-order valence-electron chi connectivity index (χ3n) is 3.83. The van der Waals surface area contributed by atoms with Crippen LogP contribution in [0.1, 0.15) is 27.2 Å². The molecule has 0 spiro atoms. The number of benzene rings is 1. The van der Waals surface area contributed by atoms with Gasteiger partial charge in [-0.25, -0.2) is 0 Å². The van der Waals surface area contributed by atoms with E-state index in [-0.39, 0.29) is 5.04 Å². The van der Waals surface area contributed by atoms with E-state index >= 15 is 0 Å². The molecule has 0 aliphatic rings. The second-order valence-electron chi connectivity index (χ2n) is 6.69. The van der Waals surface area contributed by atoms with Crippen LogP contribution in [0.25, 0.3) is 0 Å². The van der Waals surface area contributed by atoms with Crippen LogP contribution in [-0.4, -0.2) is 14.9 Å². The third-order valence-corrected chi connectivity index (χ3v) is 8.17. The van der Waals surface area contributed by atoms with Crippen molar-refractivity contribution in [1.29, 1.82) is 0 Å². The van der Waals surface area contributed by atoms with Crippen molar-refractivity contribution >= 4 is 8.32 Å². The maximum absolute atomic E-state index is 5.93. The van der Waals surface area contributed by atoms with Gasteiger partial charge < -0.3 is 9.16 Å². The highest BCUT2D eigenvalue weighted by molar-refractivity contribution is 6.74. The highest BCUT2D eigenvalue weighted by Crippen LogP contribution is 2.36. The third kappa shape index (κ3) is 6.84. The predicted molar refractivity (Wildman–Crippen MR) is 96.6 cm³/mol. The van der Waals surface area contributed by atoms with Gasteiger partial charge in [0.05, 0.1) is 12.9 Å². The molecule has 0 unspecified atom stereocenters. The van der Waals surface area contributed by atoms with Crippen molar-refractivity contribution in [2.75, 3.05) is 6.61 Å². The Balaban J connectivity index is 2.26. The molecular weight excluding hydrogens is 288 g/mol. The van der Waals surface area contributed by atoms with E-state index in [9.17, 15) is 0 Å². The quantitative estimate of drug-likeness (QED) is 0.211. The number of hydrogen-bond donors (Lipinski definition) is 0. The van der Waals surface area contributed by atoms with E-state index in [1.807, 2.05) is 48.6 Å². The molecule has 0 N–H and O–H groups in total. The van der Waals surface area contributed by atoms with Gasteiger partial charge in [0.15, 0.2) is 0 Å². The Kier molecular flexibility index (Phi) is 7.23. The van der Waals surface area contributed by atoms with Gasteiger partial charge in [-0.2, -0.15) is 0 Å².